The summed E-state index contributed by atoms with van der Waals surface area (Å²) >= 11 is 0. The molecule has 0 amide bonds. The molecule has 2 atom stereocenters. The number of nitrogens with one attached hydrogen (secondary N) is 1. The van der Waals surface area contributed by atoms with Crippen LogP contribution in [0.4, 0.5) is 8.78 Å². The molecule has 0 saturated heterocycles. The third-order valence-corrected chi connectivity index (χ3v) is 3.34. The van der Waals surface area contributed by atoms with Gasteiger partial charge in [0.15, 0.2) is 0 Å². The molecule has 96 valence electrons. The lowest BCUT2D eigenvalue weighted by atomic mass is 10.1. The van der Waals surface area contributed by atoms with Crippen LogP contribution in [0.2, 0.25) is 0 Å². The minimum atomic E-state index is -0.831. The number of hydrogen-bond donors (Lipinski definition) is 1. The van der Waals surface area contributed by atoms with Gasteiger partial charge in [0.05, 0.1) is 0 Å². The first-order chi connectivity index (χ1) is 8.00. The van der Waals surface area contributed by atoms with Gasteiger partial charge in [0, 0.05) is 41.0 Å². The smallest absolute Gasteiger partial charge is 0.130 e. The summed E-state index contributed by atoms with van der Waals surface area (Å²) in [6, 6.07) is 3.91. The van der Waals surface area contributed by atoms with E-state index >= 15 is 0 Å². The molecule has 1 aromatic carbocycles. The van der Waals surface area contributed by atoms with E-state index in [-0.39, 0.29) is 18.2 Å². The van der Waals surface area contributed by atoms with Crippen LogP contribution < -0.4 is 5.32 Å². The Morgan fingerprint density at radius 1 is 1.35 bits per heavy atom. The molecule has 0 heterocycles. The Balaban J connectivity index is 2.47. The highest BCUT2D eigenvalue weighted by atomic mass is 32.2. The predicted molar refractivity (Wildman–Crippen MR) is 66.2 cm³/mol. The van der Waals surface area contributed by atoms with Gasteiger partial charge in [0.1, 0.15) is 11.6 Å². The molecule has 0 bridgehead atoms. The lowest BCUT2D eigenvalue weighted by molar-refractivity contribution is 0.493. The highest BCUT2D eigenvalue weighted by molar-refractivity contribution is 7.84. The molecule has 1 aromatic rings. The number of hydrogen-bond acceptors (Lipinski definition) is 2. The van der Waals surface area contributed by atoms with Crippen molar-refractivity contribution in [2.24, 2.45) is 0 Å². The summed E-state index contributed by atoms with van der Waals surface area (Å²) in [5.41, 5.74) is 0.0528. The molecular weight excluding hydrogens is 244 g/mol. The number of halogens is 2. The normalized spacial score (nSPS) is 14.6. The molecule has 2 unspecified atom stereocenters. The summed E-state index contributed by atoms with van der Waals surface area (Å²) in [4.78, 5) is 0. The van der Waals surface area contributed by atoms with Gasteiger partial charge in [-0.25, -0.2) is 8.78 Å². The van der Waals surface area contributed by atoms with Crippen LogP contribution in [0.15, 0.2) is 18.2 Å². The summed E-state index contributed by atoms with van der Waals surface area (Å²) in [5, 5.41) is 3.02. The van der Waals surface area contributed by atoms with Gasteiger partial charge in [-0.1, -0.05) is 6.07 Å². The van der Waals surface area contributed by atoms with Gasteiger partial charge in [-0.3, -0.25) is 4.21 Å². The van der Waals surface area contributed by atoms with Gasteiger partial charge >= 0.3 is 0 Å². The first-order valence-corrected chi connectivity index (χ1v) is 7.19. The van der Waals surface area contributed by atoms with Crippen LogP contribution in [0.3, 0.4) is 0 Å². The monoisotopic (exact) mass is 261 g/mol. The summed E-state index contributed by atoms with van der Waals surface area (Å²) in [6.07, 6.45) is 2.36. The zero-order valence-electron chi connectivity index (χ0n) is 10.0. The van der Waals surface area contributed by atoms with Gasteiger partial charge in [0.2, 0.25) is 0 Å². The van der Waals surface area contributed by atoms with Crippen LogP contribution in [-0.4, -0.2) is 22.3 Å². The largest absolute Gasteiger partial charge is 0.310 e. The molecule has 0 aliphatic heterocycles. The third kappa shape index (κ3) is 4.91. The molecule has 0 spiro atoms. The van der Waals surface area contributed by atoms with Crippen molar-refractivity contribution in [3.05, 3.63) is 35.4 Å². The van der Waals surface area contributed by atoms with E-state index in [9.17, 15) is 13.0 Å². The number of benzene rings is 1. The van der Waals surface area contributed by atoms with Gasteiger partial charge < -0.3 is 5.32 Å². The van der Waals surface area contributed by atoms with Crippen LogP contribution >= 0.6 is 0 Å². The van der Waals surface area contributed by atoms with E-state index in [1.807, 2.05) is 6.92 Å². The Labute approximate surface area is 103 Å². The summed E-state index contributed by atoms with van der Waals surface area (Å²) < 4.78 is 37.5. The second-order valence-electron chi connectivity index (χ2n) is 4.05. The third-order valence-electron chi connectivity index (χ3n) is 2.53. The average molecular weight is 261 g/mol. The van der Waals surface area contributed by atoms with E-state index in [4.69, 9.17) is 0 Å². The zero-order chi connectivity index (χ0) is 12.8. The highest BCUT2D eigenvalue weighted by Gasteiger charge is 2.09. The molecule has 17 heavy (non-hydrogen) atoms. The van der Waals surface area contributed by atoms with E-state index in [1.165, 1.54) is 18.2 Å². The van der Waals surface area contributed by atoms with Crippen molar-refractivity contribution < 1.29 is 13.0 Å². The summed E-state index contributed by atoms with van der Waals surface area (Å²) in [6.45, 7) is 2.06. The molecule has 1 N–H and O–H groups in total. The fourth-order valence-electron chi connectivity index (χ4n) is 1.42. The lowest BCUT2D eigenvalue weighted by Gasteiger charge is -2.13. The fourth-order valence-corrected chi connectivity index (χ4v) is 2.11. The van der Waals surface area contributed by atoms with E-state index in [0.29, 0.717) is 5.75 Å². The second kappa shape index (κ2) is 6.81. The Kier molecular flexibility index (Phi) is 5.71. The first kappa shape index (κ1) is 14.3. The molecule has 0 saturated carbocycles. The lowest BCUT2D eigenvalue weighted by Crippen LogP contribution is -2.27. The van der Waals surface area contributed by atoms with Crippen molar-refractivity contribution in [3.63, 3.8) is 0 Å². The molecule has 2 nitrogen and oxygen atoms in total. The van der Waals surface area contributed by atoms with E-state index < -0.39 is 22.4 Å². The van der Waals surface area contributed by atoms with Crippen molar-refractivity contribution in [3.8, 4) is 0 Å². The van der Waals surface area contributed by atoms with Crippen LogP contribution in [-0.2, 0) is 17.3 Å². The van der Waals surface area contributed by atoms with E-state index in [0.717, 1.165) is 6.42 Å². The van der Waals surface area contributed by atoms with Crippen LogP contribution in [0.25, 0.3) is 0 Å². The van der Waals surface area contributed by atoms with Crippen molar-refractivity contribution in [2.45, 2.75) is 25.9 Å². The Bertz CT molecular complexity index is 378. The molecule has 0 aliphatic rings. The van der Waals surface area contributed by atoms with Gasteiger partial charge in [-0.2, -0.15) is 0 Å². The SMILES string of the molecule is CC(CCS(C)=O)NCc1c(F)cccc1F. The first-order valence-electron chi connectivity index (χ1n) is 5.47. The quantitative estimate of drug-likeness (QED) is 0.850. The summed E-state index contributed by atoms with van der Waals surface area (Å²) in [5.74, 6) is -0.485. The maximum absolute atomic E-state index is 13.3. The van der Waals surface area contributed by atoms with Gasteiger partial charge in [0.25, 0.3) is 0 Å². The van der Waals surface area contributed by atoms with Crippen molar-refractivity contribution in [2.75, 3.05) is 12.0 Å². The van der Waals surface area contributed by atoms with Crippen molar-refractivity contribution in [1.29, 1.82) is 0 Å². The van der Waals surface area contributed by atoms with Crippen molar-refractivity contribution >= 4 is 10.8 Å². The standard InChI is InChI=1S/C12H17F2NOS/c1-9(6-7-17(2)16)15-8-10-11(13)4-3-5-12(10)14/h3-5,9,15H,6-8H2,1-2H3. The summed E-state index contributed by atoms with van der Waals surface area (Å²) in [7, 11) is -0.831. The van der Waals surface area contributed by atoms with Crippen LogP contribution in [0, 0.1) is 11.6 Å². The highest BCUT2D eigenvalue weighted by Crippen LogP contribution is 2.11. The predicted octanol–water partition coefficient (Wildman–Crippen LogP) is 2.21. The fraction of sp³-hybridized carbons (Fsp3) is 0.500. The Hall–Kier alpha value is -0.810. The topological polar surface area (TPSA) is 29.1 Å². The second-order valence-corrected chi connectivity index (χ2v) is 5.60. The van der Waals surface area contributed by atoms with Crippen LogP contribution in [0.5, 0.6) is 0 Å². The number of rotatable bonds is 6. The van der Waals surface area contributed by atoms with Crippen LogP contribution in [0.1, 0.15) is 18.9 Å². The van der Waals surface area contributed by atoms with E-state index in [1.54, 1.807) is 6.26 Å². The molecule has 0 radical (unpaired) electrons. The molecule has 0 fully saturated rings. The minimum Gasteiger partial charge on any atom is -0.310 e. The van der Waals surface area contributed by atoms with Gasteiger partial charge in [-0.05, 0) is 25.5 Å². The molecule has 0 aromatic heterocycles. The maximum atomic E-state index is 13.3. The Morgan fingerprint density at radius 3 is 2.47 bits per heavy atom. The molecule has 5 heteroatoms. The van der Waals surface area contributed by atoms with E-state index in [2.05, 4.69) is 5.32 Å². The minimum absolute atomic E-state index is 0.0528. The Morgan fingerprint density at radius 2 is 1.94 bits per heavy atom. The van der Waals surface area contributed by atoms with Gasteiger partial charge in [-0.15, -0.1) is 0 Å². The molecule has 1 rings (SSSR count). The van der Waals surface area contributed by atoms with Crippen molar-refractivity contribution in [1.82, 2.24) is 5.32 Å². The molecule has 0 aliphatic carbocycles. The maximum Gasteiger partial charge on any atom is 0.130 e. The molecular formula is C12H17F2NOS. The average Bonchev–Trinajstić information content (AvgIpc) is 2.25. The zero-order valence-corrected chi connectivity index (χ0v) is 10.8.